The summed E-state index contributed by atoms with van der Waals surface area (Å²) >= 11 is 6.09. The number of nitrogens with zero attached hydrogens (tertiary/aromatic N) is 1. The number of fused-ring (bicyclic) bond motifs is 1. The average molecular weight is 214 g/mol. The van der Waals surface area contributed by atoms with Crippen LogP contribution in [0.2, 0.25) is 5.02 Å². The van der Waals surface area contributed by atoms with Gasteiger partial charge in [0.2, 0.25) is 6.79 Å². The summed E-state index contributed by atoms with van der Waals surface area (Å²) in [6.45, 7) is 1.09. The van der Waals surface area contributed by atoms with E-state index < -0.39 is 0 Å². The molecule has 2 rings (SSSR count). The summed E-state index contributed by atoms with van der Waals surface area (Å²) in [6.07, 6.45) is 0. The SMILES string of the molecule is CN(C)Cc1cc2c(cc1Cl)OCO2. The molecule has 0 amide bonds. The van der Waals surface area contributed by atoms with Gasteiger partial charge < -0.3 is 14.4 Å². The van der Waals surface area contributed by atoms with Crippen LogP contribution in [-0.4, -0.2) is 25.8 Å². The van der Waals surface area contributed by atoms with Crippen LogP contribution < -0.4 is 9.47 Å². The lowest BCUT2D eigenvalue weighted by Gasteiger charge is -2.11. The first-order valence-corrected chi connectivity index (χ1v) is 4.77. The summed E-state index contributed by atoms with van der Waals surface area (Å²) in [6, 6.07) is 3.74. The first-order valence-electron chi connectivity index (χ1n) is 4.39. The van der Waals surface area contributed by atoms with E-state index in [0.29, 0.717) is 0 Å². The molecule has 4 heteroatoms. The lowest BCUT2D eigenvalue weighted by molar-refractivity contribution is 0.174. The fourth-order valence-electron chi connectivity index (χ4n) is 1.42. The van der Waals surface area contributed by atoms with Gasteiger partial charge in [0.25, 0.3) is 0 Å². The van der Waals surface area contributed by atoms with Gasteiger partial charge in [-0.05, 0) is 25.7 Å². The van der Waals surface area contributed by atoms with Gasteiger partial charge in [-0.1, -0.05) is 11.6 Å². The van der Waals surface area contributed by atoms with E-state index >= 15 is 0 Å². The van der Waals surface area contributed by atoms with Gasteiger partial charge in [0.05, 0.1) is 0 Å². The Bertz CT molecular complexity index is 352. The van der Waals surface area contributed by atoms with E-state index in [4.69, 9.17) is 21.1 Å². The summed E-state index contributed by atoms with van der Waals surface area (Å²) in [5.41, 5.74) is 1.06. The standard InChI is InChI=1S/C10H12ClNO2/c1-12(2)5-7-3-9-10(4-8(7)11)14-6-13-9/h3-4H,5-6H2,1-2H3. The number of hydrogen-bond donors (Lipinski definition) is 0. The summed E-state index contributed by atoms with van der Waals surface area (Å²) in [4.78, 5) is 2.06. The van der Waals surface area contributed by atoms with E-state index in [9.17, 15) is 0 Å². The Kier molecular flexibility index (Phi) is 2.52. The highest BCUT2D eigenvalue weighted by molar-refractivity contribution is 6.31. The van der Waals surface area contributed by atoms with Crippen LogP contribution in [0.4, 0.5) is 0 Å². The van der Waals surface area contributed by atoms with Crippen molar-refractivity contribution in [1.82, 2.24) is 4.90 Å². The third-order valence-electron chi connectivity index (χ3n) is 2.03. The summed E-state index contributed by atoms with van der Waals surface area (Å²) in [7, 11) is 4.00. The summed E-state index contributed by atoms with van der Waals surface area (Å²) in [5, 5.41) is 0.725. The van der Waals surface area contributed by atoms with E-state index in [1.807, 2.05) is 26.2 Å². The molecule has 0 unspecified atom stereocenters. The van der Waals surface area contributed by atoms with Gasteiger partial charge in [-0.3, -0.25) is 0 Å². The van der Waals surface area contributed by atoms with Crippen LogP contribution in [0.25, 0.3) is 0 Å². The highest BCUT2D eigenvalue weighted by Crippen LogP contribution is 2.36. The molecule has 0 aromatic heterocycles. The lowest BCUT2D eigenvalue weighted by Crippen LogP contribution is -2.10. The Hall–Kier alpha value is -0.930. The molecule has 0 aliphatic carbocycles. The van der Waals surface area contributed by atoms with Crippen molar-refractivity contribution in [3.63, 3.8) is 0 Å². The molecule has 1 aromatic carbocycles. The fourth-order valence-corrected chi connectivity index (χ4v) is 1.63. The second-order valence-electron chi connectivity index (χ2n) is 3.53. The third-order valence-corrected chi connectivity index (χ3v) is 2.38. The minimum absolute atomic E-state index is 0.289. The fraction of sp³-hybridized carbons (Fsp3) is 0.400. The topological polar surface area (TPSA) is 21.7 Å². The quantitative estimate of drug-likeness (QED) is 0.751. The minimum Gasteiger partial charge on any atom is -0.454 e. The molecule has 14 heavy (non-hydrogen) atoms. The number of hydrogen-bond acceptors (Lipinski definition) is 3. The second kappa shape index (κ2) is 3.67. The molecule has 1 aliphatic rings. The predicted octanol–water partition coefficient (Wildman–Crippen LogP) is 2.13. The number of rotatable bonds is 2. The summed E-state index contributed by atoms with van der Waals surface area (Å²) < 4.78 is 10.5. The maximum absolute atomic E-state index is 6.09. The Labute approximate surface area is 88.2 Å². The van der Waals surface area contributed by atoms with E-state index in [1.54, 1.807) is 0 Å². The zero-order chi connectivity index (χ0) is 10.1. The molecule has 1 aromatic rings. The van der Waals surface area contributed by atoms with Crippen LogP contribution in [0.5, 0.6) is 11.5 Å². The van der Waals surface area contributed by atoms with Gasteiger partial charge in [-0.25, -0.2) is 0 Å². The number of halogens is 1. The molecule has 0 radical (unpaired) electrons. The molecule has 76 valence electrons. The third kappa shape index (κ3) is 1.79. The van der Waals surface area contributed by atoms with E-state index in [2.05, 4.69) is 4.90 Å². The monoisotopic (exact) mass is 213 g/mol. The van der Waals surface area contributed by atoms with Crippen molar-refractivity contribution in [2.24, 2.45) is 0 Å². The van der Waals surface area contributed by atoms with Gasteiger partial charge in [0.15, 0.2) is 11.5 Å². The molecule has 0 fully saturated rings. The molecule has 0 N–H and O–H groups in total. The van der Waals surface area contributed by atoms with Crippen molar-refractivity contribution in [3.05, 3.63) is 22.7 Å². The maximum Gasteiger partial charge on any atom is 0.231 e. The zero-order valence-electron chi connectivity index (χ0n) is 8.21. The Morgan fingerprint density at radius 1 is 1.29 bits per heavy atom. The first kappa shape index (κ1) is 9.62. The average Bonchev–Trinajstić information content (AvgIpc) is 2.51. The molecule has 0 saturated carbocycles. The first-order chi connectivity index (χ1) is 6.66. The molecule has 1 aliphatic heterocycles. The van der Waals surface area contributed by atoms with Crippen molar-refractivity contribution in [2.75, 3.05) is 20.9 Å². The Morgan fingerprint density at radius 3 is 2.57 bits per heavy atom. The highest BCUT2D eigenvalue weighted by atomic mass is 35.5. The van der Waals surface area contributed by atoms with Crippen molar-refractivity contribution < 1.29 is 9.47 Å². The summed E-state index contributed by atoms with van der Waals surface area (Å²) in [5.74, 6) is 1.52. The molecular weight excluding hydrogens is 202 g/mol. The highest BCUT2D eigenvalue weighted by Gasteiger charge is 2.16. The number of benzene rings is 1. The molecule has 0 spiro atoms. The van der Waals surface area contributed by atoms with Gasteiger partial charge in [0, 0.05) is 17.6 Å². The Morgan fingerprint density at radius 2 is 1.93 bits per heavy atom. The smallest absolute Gasteiger partial charge is 0.231 e. The molecule has 0 atom stereocenters. The van der Waals surface area contributed by atoms with Crippen LogP contribution in [0, 0.1) is 0 Å². The minimum atomic E-state index is 0.289. The second-order valence-corrected chi connectivity index (χ2v) is 3.94. The van der Waals surface area contributed by atoms with Crippen LogP contribution in [0.1, 0.15) is 5.56 Å². The van der Waals surface area contributed by atoms with Crippen molar-refractivity contribution in [1.29, 1.82) is 0 Å². The van der Waals surface area contributed by atoms with Crippen LogP contribution in [0.3, 0.4) is 0 Å². The predicted molar refractivity (Wildman–Crippen MR) is 55.0 cm³/mol. The molecule has 3 nitrogen and oxygen atoms in total. The van der Waals surface area contributed by atoms with Crippen molar-refractivity contribution >= 4 is 11.6 Å². The molecule has 0 bridgehead atoms. The van der Waals surface area contributed by atoms with E-state index in [1.165, 1.54) is 0 Å². The normalized spacial score (nSPS) is 13.7. The maximum atomic E-state index is 6.09. The van der Waals surface area contributed by atoms with Gasteiger partial charge in [-0.2, -0.15) is 0 Å². The largest absolute Gasteiger partial charge is 0.454 e. The molecular formula is C10H12ClNO2. The number of ether oxygens (including phenoxy) is 2. The van der Waals surface area contributed by atoms with Crippen molar-refractivity contribution in [2.45, 2.75) is 6.54 Å². The van der Waals surface area contributed by atoms with Crippen molar-refractivity contribution in [3.8, 4) is 11.5 Å². The Balaban J connectivity index is 2.32. The van der Waals surface area contributed by atoms with Crippen LogP contribution in [-0.2, 0) is 6.54 Å². The molecule has 0 saturated heterocycles. The van der Waals surface area contributed by atoms with Crippen LogP contribution >= 0.6 is 11.6 Å². The van der Waals surface area contributed by atoms with Gasteiger partial charge in [0.1, 0.15) is 0 Å². The van der Waals surface area contributed by atoms with E-state index in [0.717, 1.165) is 28.6 Å². The van der Waals surface area contributed by atoms with Gasteiger partial charge >= 0.3 is 0 Å². The van der Waals surface area contributed by atoms with Gasteiger partial charge in [-0.15, -0.1) is 0 Å². The molecule has 1 heterocycles. The van der Waals surface area contributed by atoms with Crippen LogP contribution in [0.15, 0.2) is 12.1 Å². The zero-order valence-corrected chi connectivity index (χ0v) is 8.97. The lowest BCUT2D eigenvalue weighted by atomic mass is 10.2. The van der Waals surface area contributed by atoms with E-state index in [-0.39, 0.29) is 6.79 Å².